The number of halogens is 1. The molecule has 9 nitrogen and oxygen atoms in total. The maximum Gasteiger partial charge on any atom is 0.291 e. The lowest BCUT2D eigenvalue weighted by Crippen LogP contribution is -2.35. The van der Waals surface area contributed by atoms with Gasteiger partial charge in [-0.15, -0.1) is 5.10 Å². The number of rotatable bonds is 10. The smallest absolute Gasteiger partial charge is 0.291 e. The van der Waals surface area contributed by atoms with Crippen molar-refractivity contribution in [3.05, 3.63) is 77.1 Å². The van der Waals surface area contributed by atoms with Crippen LogP contribution in [0.4, 0.5) is 4.39 Å². The van der Waals surface area contributed by atoms with E-state index >= 15 is 0 Å². The van der Waals surface area contributed by atoms with Crippen molar-refractivity contribution in [2.24, 2.45) is 0 Å². The van der Waals surface area contributed by atoms with Crippen molar-refractivity contribution in [1.82, 2.24) is 31.1 Å². The van der Waals surface area contributed by atoms with Gasteiger partial charge in [0, 0.05) is 30.7 Å². The summed E-state index contributed by atoms with van der Waals surface area (Å²) in [7, 11) is 1.47. The number of hydrogen-bond donors (Lipinski definition) is 4. The van der Waals surface area contributed by atoms with E-state index in [0.717, 1.165) is 24.8 Å². The molecular weight excluding hydrogens is 463 g/mol. The first-order valence-corrected chi connectivity index (χ1v) is 12.1. The molecule has 1 aliphatic carbocycles. The molecule has 1 aromatic heterocycles. The summed E-state index contributed by atoms with van der Waals surface area (Å²) in [6.07, 6.45) is 4.44. The molecule has 0 bridgehead atoms. The summed E-state index contributed by atoms with van der Waals surface area (Å²) in [6, 6.07) is 13.1. The lowest BCUT2D eigenvalue weighted by atomic mass is 9.96. The molecule has 190 valence electrons. The standard InChI is InChI=1S/C26H31FN6O3/c1-16(19-8-10-22(27)23(14-19)36-2)32-21-9-7-20(13-21)17-3-5-18(6-4-17)25(34)28-11-12-29-26(35)24-30-15-31-33-24/h3-6,8,10,14-16,20-21,32H,7,9,11-13H2,1-2H3,(H,28,34)(H,29,35)(H,30,31,33)/t16-,20-,21+/m1/s1. The molecule has 1 heterocycles. The van der Waals surface area contributed by atoms with Crippen molar-refractivity contribution >= 4 is 11.8 Å². The van der Waals surface area contributed by atoms with E-state index in [1.165, 1.54) is 25.1 Å². The van der Waals surface area contributed by atoms with Crippen LogP contribution in [0.15, 0.2) is 48.8 Å². The summed E-state index contributed by atoms with van der Waals surface area (Å²) in [6.45, 7) is 2.65. The molecule has 4 rings (SSSR count). The SMILES string of the molecule is COc1cc([C@@H](C)N[C@H]2CC[C@@H](c3ccc(C(=O)NCCNC(=O)c4nc[nH]n4)cc3)C2)ccc1F. The highest BCUT2D eigenvalue weighted by Crippen LogP contribution is 2.36. The minimum atomic E-state index is -0.397. The molecule has 36 heavy (non-hydrogen) atoms. The van der Waals surface area contributed by atoms with Gasteiger partial charge >= 0.3 is 0 Å². The number of ether oxygens (including phenoxy) is 1. The predicted molar refractivity (Wildman–Crippen MR) is 132 cm³/mol. The van der Waals surface area contributed by atoms with Gasteiger partial charge in [-0.05, 0) is 67.5 Å². The van der Waals surface area contributed by atoms with Crippen LogP contribution in [-0.4, -0.2) is 53.2 Å². The van der Waals surface area contributed by atoms with Crippen LogP contribution in [0.3, 0.4) is 0 Å². The van der Waals surface area contributed by atoms with Gasteiger partial charge in [0.25, 0.3) is 11.8 Å². The third-order valence-electron chi connectivity index (χ3n) is 6.55. The summed E-state index contributed by atoms with van der Waals surface area (Å²) < 4.78 is 18.8. The normalized spacial score (nSPS) is 18.0. The van der Waals surface area contributed by atoms with Crippen LogP contribution in [0.2, 0.25) is 0 Å². The maximum atomic E-state index is 13.7. The molecule has 1 fully saturated rings. The molecule has 1 saturated carbocycles. The van der Waals surface area contributed by atoms with Gasteiger partial charge in [-0.1, -0.05) is 18.2 Å². The average Bonchev–Trinajstić information content (AvgIpc) is 3.59. The average molecular weight is 495 g/mol. The van der Waals surface area contributed by atoms with E-state index in [4.69, 9.17) is 4.74 Å². The van der Waals surface area contributed by atoms with Crippen molar-refractivity contribution in [1.29, 1.82) is 0 Å². The number of H-pyrrole nitrogens is 1. The maximum absolute atomic E-state index is 13.7. The zero-order valence-corrected chi connectivity index (χ0v) is 20.4. The Labute approximate surface area is 209 Å². The Balaban J connectivity index is 1.22. The second-order valence-corrected chi connectivity index (χ2v) is 8.95. The Hall–Kier alpha value is -3.79. The Morgan fingerprint density at radius 3 is 2.56 bits per heavy atom. The Morgan fingerprint density at radius 2 is 1.86 bits per heavy atom. The molecule has 2 amide bonds. The van der Waals surface area contributed by atoms with Gasteiger partial charge in [0.1, 0.15) is 6.33 Å². The van der Waals surface area contributed by atoms with Gasteiger partial charge in [0.15, 0.2) is 11.6 Å². The summed E-state index contributed by atoms with van der Waals surface area (Å²) in [5, 5.41) is 15.3. The third kappa shape index (κ3) is 6.25. The lowest BCUT2D eigenvalue weighted by molar-refractivity contribution is 0.0922. The number of carbonyl (C=O) groups excluding carboxylic acids is 2. The van der Waals surface area contributed by atoms with Gasteiger partial charge in [-0.3, -0.25) is 14.7 Å². The fourth-order valence-corrected chi connectivity index (χ4v) is 4.59. The van der Waals surface area contributed by atoms with Crippen molar-refractivity contribution in [2.45, 2.75) is 44.2 Å². The van der Waals surface area contributed by atoms with Gasteiger partial charge in [0.05, 0.1) is 7.11 Å². The largest absolute Gasteiger partial charge is 0.494 e. The van der Waals surface area contributed by atoms with E-state index in [0.29, 0.717) is 24.1 Å². The van der Waals surface area contributed by atoms with Crippen LogP contribution < -0.4 is 20.7 Å². The second-order valence-electron chi connectivity index (χ2n) is 8.95. The summed E-state index contributed by atoms with van der Waals surface area (Å²) >= 11 is 0. The minimum Gasteiger partial charge on any atom is -0.494 e. The molecule has 3 aromatic rings. The first kappa shape index (κ1) is 25.3. The van der Waals surface area contributed by atoms with Gasteiger partial charge in [0.2, 0.25) is 5.82 Å². The Bertz CT molecular complexity index is 1170. The van der Waals surface area contributed by atoms with E-state index in [-0.39, 0.29) is 35.9 Å². The molecule has 2 aromatic carbocycles. The van der Waals surface area contributed by atoms with E-state index in [9.17, 15) is 14.0 Å². The lowest BCUT2D eigenvalue weighted by Gasteiger charge is -2.21. The Morgan fingerprint density at radius 1 is 1.11 bits per heavy atom. The van der Waals surface area contributed by atoms with Crippen molar-refractivity contribution < 1.29 is 18.7 Å². The van der Waals surface area contributed by atoms with Crippen LogP contribution in [0, 0.1) is 5.82 Å². The van der Waals surface area contributed by atoms with Crippen LogP contribution in [0.5, 0.6) is 5.75 Å². The number of aromatic amines is 1. The molecule has 4 N–H and O–H groups in total. The van der Waals surface area contributed by atoms with Crippen LogP contribution in [0.25, 0.3) is 0 Å². The number of methoxy groups -OCH3 is 1. The highest BCUT2D eigenvalue weighted by atomic mass is 19.1. The molecule has 0 radical (unpaired) electrons. The third-order valence-corrected chi connectivity index (χ3v) is 6.55. The number of nitrogens with zero attached hydrogens (tertiary/aromatic N) is 2. The number of aromatic nitrogens is 3. The van der Waals surface area contributed by atoms with Crippen LogP contribution in [-0.2, 0) is 0 Å². The van der Waals surface area contributed by atoms with Gasteiger partial charge < -0.3 is 20.7 Å². The fraction of sp³-hybridized carbons (Fsp3) is 0.385. The van der Waals surface area contributed by atoms with E-state index in [1.807, 2.05) is 24.3 Å². The molecule has 0 spiro atoms. The number of hydrogen-bond acceptors (Lipinski definition) is 6. The van der Waals surface area contributed by atoms with Crippen molar-refractivity contribution in [3.63, 3.8) is 0 Å². The predicted octanol–water partition coefficient (Wildman–Crippen LogP) is 3.10. The van der Waals surface area contributed by atoms with Crippen LogP contribution >= 0.6 is 0 Å². The highest BCUT2D eigenvalue weighted by molar-refractivity contribution is 5.94. The summed E-state index contributed by atoms with van der Waals surface area (Å²) in [5.41, 5.74) is 2.78. The van der Waals surface area contributed by atoms with E-state index in [1.54, 1.807) is 12.1 Å². The molecule has 3 atom stereocenters. The monoisotopic (exact) mass is 494 g/mol. The highest BCUT2D eigenvalue weighted by Gasteiger charge is 2.27. The molecule has 0 saturated heterocycles. The number of carbonyl (C=O) groups is 2. The fourth-order valence-electron chi connectivity index (χ4n) is 4.59. The quantitative estimate of drug-likeness (QED) is 0.322. The molecular formula is C26H31FN6O3. The van der Waals surface area contributed by atoms with Gasteiger partial charge in [-0.2, -0.15) is 0 Å². The zero-order valence-electron chi connectivity index (χ0n) is 20.4. The first-order valence-electron chi connectivity index (χ1n) is 12.1. The number of benzene rings is 2. The molecule has 10 heteroatoms. The number of amides is 2. The van der Waals surface area contributed by atoms with Gasteiger partial charge in [-0.25, -0.2) is 9.37 Å². The second kappa shape index (κ2) is 11.8. The van der Waals surface area contributed by atoms with E-state index < -0.39 is 5.91 Å². The Kier molecular flexibility index (Phi) is 8.27. The van der Waals surface area contributed by atoms with Crippen molar-refractivity contribution in [3.8, 4) is 5.75 Å². The molecule has 0 unspecified atom stereocenters. The molecule has 0 aliphatic heterocycles. The zero-order chi connectivity index (χ0) is 25.5. The van der Waals surface area contributed by atoms with Crippen molar-refractivity contribution in [2.75, 3.05) is 20.2 Å². The summed E-state index contributed by atoms with van der Waals surface area (Å²) in [5.74, 6) is -0.215. The first-order chi connectivity index (χ1) is 17.4. The minimum absolute atomic E-state index is 0.0615. The number of nitrogens with one attached hydrogen (secondary N) is 4. The summed E-state index contributed by atoms with van der Waals surface area (Å²) in [4.78, 5) is 28.0. The molecule has 1 aliphatic rings. The van der Waals surface area contributed by atoms with Crippen LogP contribution in [0.1, 0.15) is 70.2 Å². The van der Waals surface area contributed by atoms with E-state index in [2.05, 4.69) is 38.1 Å². The topological polar surface area (TPSA) is 121 Å².